The lowest BCUT2D eigenvalue weighted by Crippen LogP contribution is -2.12. The predicted octanol–water partition coefficient (Wildman–Crippen LogP) is 0.418. The van der Waals surface area contributed by atoms with E-state index in [-0.39, 0.29) is 0 Å². The number of aromatic nitrogens is 4. The largest absolute Gasteiger partial charge is 0.329 e. The first-order chi connectivity index (χ1) is 7.38. The second-order valence-electron chi connectivity index (χ2n) is 2.94. The van der Waals surface area contributed by atoms with Crippen molar-refractivity contribution in [3.63, 3.8) is 0 Å². The molecule has 1 aromatic heterocycles. The number of nitrogens with two attached hydrogens (primary N) is 1. The number of rotatable bonds is 7. The van der Waals surface area contributed by atoms with Crippen LogP contribution in [0.5, 0.6) is 0 Å². The molecule has 82 valence electrons. The number of unbranched alkanes of at least 4 members (excludes halogenated alkanes) is 2. The topological polar surface area (TPSA) is 93.4 Å². The molecule has 1 heterocycles. The van der Waals surface area contributed by atoms with E-state index in [2.05, 4.69) is 21.6 Å². The van der Waals surface area contributed by atoms with Crippen LogP contribution in [0.15, 0.2) is 5.16 Å². The number of hydrogen-bond acceptors (Lipinski definition) is 6. The molecule has 1 rings (SSSR count). The molecule has 0 aromatic carbocycles. The fourth-order valence-corrected chi connectivity index (χ4v) is 1.93. The molecule has 1 aromatic rings. The highest BCUT2D eigenvalue weighted by Gasteiger charge is 2.04. The summed E-state index contributed by atoms with van der Waals surface area (Å²) in [7, 11) is 0. The Bertz CT molecular complexity index is 317. The molecule has 0 atom stereocenters. The number of hydrogen-bond donors (Lipinski definition) is 1. The summed E-state index contributed by atoms with van der Waals surface area (Å²) in [5.74, 6) is 0.937. The van der Waals surface area contributed by atoms with Gasteiger partial charge in [0.05, 0.1) is 12.6 Å². The molecule has 0 saturated heterocycles. The van der Waals surface area contributed by atoms with E-state index < -0.39 is 0 Å². The zero-order valence-corrected chi connectivity index (χ0v) is 9.28. The molecule has 7 heteroatoms. The third kappa shape index (κ3) is 4.27. The third-order valence-electron chi connectivity index (χ3n) is 1.75. The van der Waals surface area contributed by atoms with E-state index in [1.807, 2.05) is 0 Å². The van der Waals surface area contributed by atoms with Crippen molar-refractivity contribution < 1.29 is 0 Å². The lowest BCUT2D eigenvalue weighted by atomic mass is 10.3. The van der Waals surface area contributed by atoms with Crippen molar-refractivity contribution in [1.82, 2.24) is 20.2 Å². The van der Waals surface area contributed by atoms with Gasteiger partial charge in [-0.2, -0.15) is 5.26 Å². The van der Waals surface area contributed by atoms with Crippen LogP contribution in [0.25, 0.3) is 0 Å². The van der Waals surface area contributed by atoms with Crippen molar-refractivity contribution in [3.05, 3.63) is 0 Å². The van der Waals surface area contributed by atoms with Gasteiger partial charge in [0, 0.05) is 18.7 Å². The van der Waals surface area contributed by atoms with Crippen LogP contribution in [-0.4, -0.2) is 32.5 Å². The molecule has 0 amide bonds. The average Bonchev–Trinajstić information content (AvgIpc) is 2.66. The van der Waals surface area contributed by atoms with E-state index in [1.165, 1.54) is 0 Å². The maximum atomic E-state index is 8.36. The van der Waals surface area contributed by atoms with E-state index >= 15 is 0 Å². The molecule has 15 heavy (non-hydrogen) atoms. The summed E-state index contributed by atoms with van der Waals surface area (Å²) in [6.45, 7) is 1.18. The Morgan fingerprint density at radius 2 is 2.33 bits per heavy atom. The standard InChI is InChI=1S/C8H14N6S/c9-4-2-1-3-7-15-8-11-12-13-14(8)6-5-10/h1-3,5-7,10H2. The Kier molecular flexibility index (Phi) is 5.73. The normalized spacial score (nSPS) is 10.1. The van der Waals surface area contributed by atoms with Gasteiger partial charge in [0.1, 0.15) is 0 Å². The van der Waals surface area contributed by atoms with Crippen molar-refractivity contribution in [2.75, 3.05) is 12.3 Å². The number of tetrazole rings is 1. The highest BCUT2D eigenvalue weighted by molar-refractivity contribution is 7.99. The molecule has 0 bridgehead atoms. The monoisotopic (exact) mass is 226 g/mol. The quantitative estimate of drug-likeness (QED) is 0.535. The molecular weight excluding hydrogens is 212 g/mol. The van der Waals surface area contributed by atoms with Crippen molar-refractivity contribution >= 4 is 11.8 Å². The summed E-state index contributed by atoms with van der Waals surface area (Å²) < 4.78 is 1.70. The summed E-state index contributed by atoms with van der Waals surface area (Å²) in [4.78, 5) is 0. The fourth-order valence-electron chi connectivity index (χ4n) is 1.03. The second kappa shape index (κ2) is 7.20. The van der Waals surface area contributed by atoms with Gasteiger partial charge >= 0.3 is 0 Å². The summed E-state index contributed by atoms with van der Waals surface area (Å²) in [6.07, 6.45) is 2.56. The van der Waals surface area contributed by atoms with Crippen LogP contribution in [-0.2, 0) is 6.54 Å². The number of nitrogens with zero attached hydrogens (tertiary/aromatic N) is 5. The molecule has 6 nitrogen and oxygen atoms in total. The maximum absolute atomic E-state index is 8.36. The van der Waals surface area contributed by atoms with Crippen LogP contribution in [0.3, 0.4) is 0 Å². The molecule has 0 aliphatic heterocycles. The van der Waals surface area contributed by atoms with Crippen LogP contribution in [0.1, 0.15) is 19.3 Å². The van der Waals surface area contributed by atoms with Gasteiger partial charge in [-0.1, -0.05) is 11.8 Å². The molecular formula is C8H14N6S. The van der Waals surface area contributed by atoms with Gasteiger partial charge in [0.15, 0.2) is 0 Å². The Labute approximate surface area is 92.8 Å². The summed E-state index contributed by atoms with van der Waals surface area (Å²) in [6, 6.07) is 2.12. The van der Waals surface area contributed by atoms with Crippen LogP contribution in [0, 0.1) is 11.3 Å². The van der Waals surface area contributed by atoms with E-state index in [4.69, 9.17) is 11.0 Å². The van der Waals surface area contributed by atoms with Gasteiger partial charge in [0.25, 0.3) is 0 Å². The molecule has 0 radical (unpaired) electrons. The Balaban J connectivity index is 2.25. The predicted molar refractivity (Wildman–Crippen MR) is 57.1 cm³/mol. The van der Waals surface area contributed by atoms with Gasteiger partial charge < -0.3 is 5.73 Å². The van der Waals surface area contributed by atoms with Crippen molar-refractivity contribution in [2.45, 2.75) is 31.0 Å². The van der Waals surface area contributed by atoms with Gasteiger partial charge in [-0.25, -0.2) is 4.68 Å². The molecule has 0 unspecified atom stereocenters. The lowest BCUT2D eigenvalue weighted by Gasteiger charge is -2.01. The molecule has 0 aliphatic carbocycles. The van der Waals surface area contributed by atoms with E-state index in [9.17, 15) is 0 Å². The minimum atomic E-state index is 0.535. The van der Waals surface area contributed by atoms with Crippen LogP contribution in [0.2, 0.25) is 0 Å². The Morgan fingerprint density at radius 3 is 3.07 bits per heavy atom. The lowest BCUT2D eigenvalue weighted by molar-refractivity contribution is 0.556. The Hall–Kier alpha value is -1.13. The van der Waals surface area contributed by atoms with E-state index in [1.54, 1.807) is 16.4 Å². The van der Waals surface area contributed by atoms with Crippen molar-refractivity contribution in [2.24, 2.45) is 5.73 Å². The zero-order chi connectivity index (χ0) is 10.9. The smallest absolute Gasteiger partial charge is 0.209 e. The SMILES string of the molecule is N#CCCCCSc1nnnn1CCN. The first-order valence-corrected chi connectivity index (χ1v) is 5.83. The number of nitriles is 1. The minimum absolute atomic E-state index is 0.535. The van der Waals surface area contributed by atoms with E-state index in [0.29, 0.717) is 19.5 Å². The maximum Gasteiger partial charge on any atom is 0.209 e. The summed E-state index contributed by atoms with van der Waals surface area (Å²) in [5, 5.41) is 20.5. The second-order valence-corrected chi connectivity index (χ2v) is 4.00. The molecule has 0 saturated carbocycles. The van der Waals surface area contributed by atoms with Crippen LogP contribution >= 0.6 is 11.8 Å². The van der Waals surface area contributed by atoms with Crippen molar-refractivity contribution in [3.8, 4) is 6.07 Å². The Morgan fingerprint density at radius 1 is 1.47 bits per heavy atom. The fraction of sp³-hybridized carbons (Fsp3) is 0.750. The van der Waals surface area contributed by atoms with Gasteiger partial charge in [-0.05, 0) is 23.3 Å². The first kappa shape index (κ1) is 11.9. The summed E-state index contributed by atoms with van der Waals surface area (Å²) >= 11 is 1.61. The third-order valence-corrected chi connectivity index (χ3v) is 2.80. The van der Waals surface area contributed by atoms with Crippen LogP contribution in [0.4, 0.5) is 0 Å². The molecule has 2 N–H and O–H groups in total. The van der Waals surface area contributed by atoms with E-state index in [0.717, 1.165) is 23.8 Å². The molecule has 0 fully saturated rings. The number of thioether (sulfide) groups is 1. The summed E-state index contributed by atoms with van der Waals surface area (Å²) in [5.41, 5.74) is 5.42. The molecule has 0 aliphatic rings. The van der Waals surface area contributed by atoms with Crippen LogP contribution < -0.4 is 5.73 Å². The minimum Gasteiger partial charge on any atom is -0.329 e. The van der Waals surface area contributed by atoms with Gasteiger partial charge in [0.2, 0.25) is 5.16 Å². The first-order valence-electron chi connectivity index (χ1n) is 4.84. The molecule has 0 spiro atoms. The zero-order valence-electron chi connectivity index (χ0n) is 8.46. The highest BCUT2D eigenvalue weighted by atomic mass is 32.2. The van der Waals surface area contributed by atoms with Gasteiger partial charge in [-0.15, -0.1) is 5.10 Å². The average molecular weight is 226 g/mol. The highest BCUT2D eigenvalue weighted by Crippen LogP contribution is 2.15. The van der Waals surface area contributed by atoms with Gasteiger partial charge in [-0.3, -0.25) is 0 Å². The van der Waals surface area contributed by atoms with Crippen molar-refractivity contribution in [1.29, 1.82) is 5.26 Å².